The highest BCUT2D eigenvalue weighted by Gasteiger charge is 2.39. The van der Waals surface area contributed by atoms with Gasteiger partial charge in [-0.25, -0.2) is 4.39 Å². The van der Waals surface area contributed by atoms with E-state index in [1.807, 2.05) is 11.8 Å². The molecule has 0 N–H and O–H groups in total. The number of thioether (sulfide) groups is 1. The van der Waals surface area contributed by atoms with E-state index in [9.17, 15) is 9.18 Å². The van der Waals surface area contributed by atoms with Crippen molar-refractivity contribution >= 4 is 18.0 Å². The van der Waals surface area contributed by atoms with E-state index in [4.69, 9.17) is 9.47 Å². The average Bonchev–Trinajstić information content (AvgIpc) is 2.50. The number of hydrogen-bond donors (Lipinski definition) is 0. The van der Waals surface area contributed by atoms with Gasteiger partial charge < -0.3 is 9.47 Å². The van der Waals surface area contributed by atoms with Gasteiger partial charge in [0.15, 0.2) is 17.9 Å². The van der Waals surface area contributed by atoms with Crippen LogP contribution in [-0.2, 0) is 4.74 Å². The summed E-state index contributed by atoms with van der Waals surface area (Å²) in [6.07, 6.45) is 4.12. The first-order chi connectivity index (χ1) is 10.2. The molecule has 2 aliphatic rings. The van der Waals surface area contributed by atoms with Gasteiger partial charge in [0.1, 0.15) is 6.10 Å². The summed E-state index contributed by atoms with van der Waals surface area (Å²) in [5.41, 5.74) is 0.163. The van der Waals surface area contributed by atoms with Gasteiger partial charge in [-0.1, -0.05) is 6.07 Å². The van der Waals surface area contributed by atoms with Crippen LogP contribution in [0.4, 0.5) is 4.39 Å². The van der Waals surface area contributed by atoms with E-state index in [2.05, 4.69) is 0 Å². The Hall–Kier alpha value is -1.07. The van der Waals surface area contributed by atoms with Crippen LogP contribution in [0.3, 0.4) is 0 Å². The summed E-state index contributed by atoms with van der Waals surface area (Å²) in [7, 11) is 0. The molecule has 1 aromatic rings. The first-order valence-corrected chi connectivity index (χ1v) is 8.50. The van der Waals surface area contributed by atoms with E-state index < -0.39 is 5.82 Å². The first-order valence-electron chi connectivity index (χ1n) is 7.34. The highest BCUT2D eigenvalue weighted by Crippen LogP contribution is 2.39. The second-order valence-electron chi connectivity index (χ2n) is 5.65. The van der Waals surface area contributed by atoms with Crippen LogP contribution in [0.15, 0.2) is 18.2 Å². The highest BCUT2D eigenvalue weighted by atomic mass is 32.2. The predicted octanol–water partition coefficient (Wildman–Crippen LogP) is 3.46. The van der Waals surface area contributed by atoms with Crippen molar-refractivity contribution in [3.05, 3.63) is 29.6 Å². The van der Waals surface area contributed by atoms with Crippen molar-refractivity contribution < 1.29 is 18.7 Å². The van der Waals surface area contributed by atoms with E-state index in [1.54, 1.807) is 6.07 Å². The fourth-order valence-electron chi connectivity index (χ4n) is 3.08. The molecule has 2 aliphatic heterocycles. The average molecular weight is 310 g/mol. The lowest BCUT2D eigenvalue weighted by Crippen LogP contribution is -2.46. The maximum absolute atomic E-state index is 13.9. The SMILES string of the molecule is O=Cc1cccc(F)c1OC1CCOC2(CCSCC2)C1. The molecule has 3 nitrogen and oxygen atoms in total. The van der Waals surface area contributed by atoms with Crippen LogP contribution in [0.2, 0.25) is 0 Å². The third-order valence-electron chi connectivity index (χ3n) is 4.26. The molecule has 2 heterocycles. The molecule has 3 rings (SSSR count). The minimum Gasteiger partial charge on any atom is -0.486 e. The molecule has 114 valence electrons. The Morgan fingerprint density at radius 3 is 2.95 bits per heavy atom. The van der Waals surface area contributed by atoms with Crippen molar-refractivity contribution in [2.75, 3.05) is 18.1 Å². The van der Waals surface area contributed by atoms with Gasteiger partial charge in [-0.05, 0) is 36.5 Å². The largest absolute Gasteiger partial charge is 0.486 e. The fourth-order valence-corrected chi connectivity index (χ4v) is 4.32. The van der Waals surface area contributed by atoms with Gasteiger partial charge in [0.2, 0.25) is 0 Å². The number of rotatable bonds is 3. The first kappa shape index (κ1) is 14.9. The second-order valence-corrected chi connectivity index (χ2v) is 6.88. The molecule has 0 aliphatic carbocycles. The zero-order valence-corrected chi connectivity index (χ0v) is 12.7. The molecule has 0 bridgehead atoms. The summed E-state index contributed by atoms with van der Waals surface area (Å²) in [6, 6.07) is 4.43. The molecule has 1 aromatic carbocycles. The second kappa shape index (κ2) is 6.36. The van der Waals surface area contributed by atoms with Gasteiger partial charge in [-0.15, -0.1) is 0 Å². The highest BCUT2D eigenvalue weighted by molar-refractivity contribution is 7.99. The summed E-state index contributed by atoms with van der Waals surface area (Å²) in [5, 5.41) is 0. The summed E-state index contributed by atoms with van der Waals surface area (Å²) in [5.74, 6) is 1.82. The van der Waals surface area contributed by atoms with Crippen LogP contribution in [-0.4, -0.2) is 36.1 Å². The van der Waals surface area contributed by atoms with E-state index in [0.717, 1.165) is 37.2 Å². The molecular formula is C16H19FO3S. The normalized spacial score (nSPS) is 24.7. The van der Waals surface area contributed by atoms with Crippen molar-refractivity contribution in [2.45, 2.75) is 37.4 Å². The molecule has 1 unspecified atom stereocenters. The van der Waals surface area contributed by atoms with Gasteiger partial charge >= 0.3 is 0 Å². The van der Waals surface area contributed by atoms with Gasteiger partial charge in [0.25, 0.3) is 0 Å². The summed E-state index contributed by atoms with van der Waals surface area (Å²) in [6.45, 7) is 0.639. The number of ether oxygens (including phenoxy) is 2. The quantitative estimate of drug-likeness (QED) is 0.801. The molecule has 21 heavy (non-hydrogen) atoms. The van der Waals surface area contributed by atoms with Crippen LogP contribution in [0.1, 0.15) is 36.0 Å². The van der Waals surface area contributed by atoms with Crippen molar-refractivity contribution in [2.24, 2.45) is 0 Å². The molecule has 0 radical (unpaired) electrons. The topological polar surface area (TPSA) is 35.5 Å². The number of hydrogen-bond acceptors (Lipinski definition) is 4. The Bertz CT molecular complexity index is 509. The van der Waals surface area contributed by atoms with Crippen molar-refractivity contribution in [1.82, 2.24) is 0 Å². The molecule has 1 spiro atoms. The van der Waals surface area contributed by atoms with E-state index in [1.165, 1.54) is 12.1 Å². The lowest BCUT2D eigenvalue weighted by molar-refractivity contribution is -0.116. The molecule has 2 fully saturated rings. The Kier molecular flexibility index (Phi) is 4.50. The lowest BCUT2D eigenvalue weighted by Gasteiger charge is -2.43. The Morgan fingerprint density at radius 1 is 1.38 bits per heavy atom. The van der Waals surface area contributed by atoms with Gasteiger partial charge in [0.05, 0.1) is 17.8 Å². The molecule has 5 heteroatoms. The molecule has 0 amide bonds. The van der Waals surface area contributed by atoms with Crippen LogP contribution in [0, 0.1) is 5.82 Å². The zero-order valence-electron chi connectivity index (χ0n) is 11.8. The van der Waals surface area contributed by atoms with Crippen LogP contribution in [0.5, 0.6) is 5.75 Å². The molecule has 0 aromatic heterocycles. The standard InChI is InChI=1S/C16H19FO3S/c17-14-3-1-2-12(11-18)15(14)20-13-4-7-19-16(10-13)5-8-21-9-6-16/h1-3,11,13H,4-10H2. The number of carbonyl (C=O) groups is 1. The summed E-state index contributed by atoms with van der Waals surface area (Å²) >= 11 is 1.95. The molecule has 2 saturated heterocycles. The third-order valence-corrected chi connectivity index (χ3v) is 5.25. The molecule has 1 atom stereocenters. The van der Waals surface area contributed by atoms with Crippen LogP contribution in [0.25, 0.3) is 0 Å². The summed E-state index contributed by atoms with van der Waals surface area (Å²) < 4.78 is 25.8. The monoisotopic (exact) mass is 310 g/mol. The number of aldehydes is 1. The van der Waals surface area contributed by atoms with E-state index in [-0.39, 0.29) is 23.0 Å². The number of benzene rings is 1. The number of halogens is 1. The fraction of sp³-hybridized carbons (Fsp3) is 0.562. The van der Waals surface area contributed by atoms with Gasteiger partial charge in [-0.2, -0.15) is 11.8 Å². The Morgan fingerprint density at radius 2 is 2.19 bits per heavy atom. The molecule has 0 saturated carbocycles. The lowest BCUT2D eigenvalue weighted by atomic mass is 9.86. The summed E-state index contributed by atoms with van der Waals surface area (Å²) in [4.78, 5) is 11.0. The molecular weight excluding hydrogens is 291 g/mol. The van der Waals surface area contributed by atoms with Crippen molar-refractivity contribution in [3.8, 4) is 5.75 Å². The maximum Gasteiger partial charge on any atom is 0.165 e. The van der Waals surface area contributed by atoms with Gasteiger partial charge in [0, 0.05) is 12.8 Å². The minimum absolute atomic E-state index is 0.0831. The predicted molar refractivity (Wildman–Crippen MR) is 80.7 cm³/mol. The number of para-hydroxylation sites is 1. The van der Waals surface area contributed by atoms with E-state index in [0.29, 0.717) is 12.9 Å². The van der Waals surface area contributed by atoms with Crippen LogP contribution < -0.4 is 4.74 Å². The van der Waals surface area contributed by atoms with Gasteiger partial charge in [-0.3, -0.25) is 4.79 Å². The van der Waals surface area contributed by atoms with Crippen molar-refractivity contribution in [3.63, 3.8) is 0 Å². The zero-order chi connectivity index (χ0) is 14.7. The third kappa shape index (κ3) is 3.24. The van der Waals surface area contributed by atoms with E-state index >= 15 is 0 Å². The minimum atomic E-state index is -0.473. The van der Waals surface area contributed by atoms with Crippen molar-refractivity contribution in [1.29, 1.82) is 0 Å². The Labute approximate surface area is 128 Å². The Balaban J connectivity index is 1.74. The smallest absolute Gasteiger partial charge is 0.165 e. The van der Waals surface area contributed by atoms with Crippen LogP contribution >= 0.6 is 11.8 Å². The number of carbonyl (C=O) groups excluding carboxylic acids is 1. The maximum atomic E-state index is 13.9.